The normalized spacial score (nSPS) is 12.7. The van der Waals surface area contributed by atoms with E-state index >= 15 is 0 Å². The molecule has 0 saturated carbocycles. The van der Waals surface area contributed by atoms with Crippen molar-refractivity contribution < 1.29 is 19.5 Å². The monoisotopic (exact) mass is 431 g/mol. The van der Waals surface area contributed by atoms with Crippen LogP contribution in [0.1, 0.15) is 22.3 Å². The number of aliphatic carboxylic acids is 1. The molecule has 1 amide bonds. The van der Waals surface area contributed by atoms with E-state index in [1.807, 2.05) is 42.7 Å². The van der Waals surface area contributed by atoms with Gasteiger partial charge in [-0.05, 0) is 30.4 Å². The molecule has 2 aromatic carbocycles. The summed E-state index contributed by atoms with van der Waals surface area (Å²) in [5.41, 5.74) is 1.55. The van der Waals surface area contributed by atoms with E-state index in [0.717, 1.165) is 17.3 Å². The number of amides is 1. The molecule has 0 saturated heterocycles. The molecule has 2 atom stereocenters. The molecule has 0 bridgehead atoms. The minimum Gasteiger partial charge on any atom is -0.480 e. The Kier molecular flexibility index (Phi) is 9.80. The fraction of sp³-hybridized carbons (Fsp3) is 0.318. The summed E-state index contributed by atoms with van der Waals surface area (Å²) in [6, 6.07) is 17.5. The molecule has 0 aliphatic carbocycles. The molecule has 0 heterocycles. The summed E-state index contributed by atoms with van der Waals surface area (Å²) in [4.78, 5) is 36.8. The van der Waals surface area contributed by atoms with Crippen molar-refractivity contribution in [1.82, 2.24) is 5.32 Å². The van der Waals surface area contributed by atoms with Crippen molar-refractivity contribution in [2.24, 2.45) is 5.92 Å². The highest BCUT2D eigenvalue weighted by Gasteiger charge is 2.26. The Hall–Kier alpha value is -2.25. The van der Waals surface area contributed by atoms with E-state index in [9.17, 15) is 19.5 Å². The first-order chi connectivity index (χ1) is 14.0. The lowest BCUT2D eigenvalue weighted by Gasteiger charge is -2.20. The minimum atomic E-state index is -1.04. The number of hydrogen-bond acceptors (Lipinski definition) is 5. The Labute approximate surface area is 179 Å². The third-order valence-electron chi connectivity index (χ3n) is 4.35. The molecule has 0 aliphatic rings. The van der Waals surface area contributed by atoms with E-state index in [0.29, 0.717) is 24.2 Å². The summed E-state index contributed by atoms with van der Waals surface area (Å²) in [6.07, 6.45) is 2.69. The van der Waals surface area contributed by atoms with Crippen LogP contribution in [0.2, 0.25) is 0 Å². The van der Waals surface area contributed by atoms with Crippen LogP contribution in [0.25, 0.3) is 0 Å². The fourth-order valence-electron chi connectivity index (χ4n) is 2.74. The summed E-state index contributed by atoms with van der Waals surface area (Å²) >= 11 is 2.62. The number of thioether (sulfide) groups is 2. The average molecular weight is 432 g/mol. The van der Waals surface area contributed by atoms with Crippen LogP contribution in [-0.2, 0) is 16.0 Å². The summed E-state index contributed by atoms with van der Waals surface area (Å²) in [5.74, 6) is -0.966. The van der Waals surface area contributed by atoms with Crippen LogP contribution >= 0.6 is 23.5 Å². The van der Waals surface area contributed by atoms with Gasteiger partial charge < -0.3 is 10.4 Å². The maximum atomic E-state index is 12.9. The number of carbonyl (C=O) groups excluding carboxylic acids is 2. The zero-order valence-electron chi connectivity index (χ0n) is 16.2. The van der Waals surface area contributed by atoms with Gasteiger partial charge in [-0.25, -0.2) is 4.79 Å². The van der Waals surface area contributed by atoms with Gasteiger partial charge in [-0.1, -0.05) is 72.4 Å². The van der Waals surface area contributed by atoms with Gasteiger partial charge in [-0.15, -0.1) is 0 Å². The second-order valence-corrected chi connectivity index (χ2v) is 8.51. The van der Waals surface area contributed by atoms with Gasteiger partial charge in [-0.3, -0.25) is 9.59 Å². The summed E-state index contributed by atoms with van der Waals surface area (Å²) in [7, 11) is 0. The first-order valence-electron chi connectivity index (χ1n) is 9.29. The van der Waals surface area contributed by atoms with Gasteiger partial charge in [0.2, 0.25) is 11.0 Å². The zero-order chi connectivity index (χ0) is 21.1. The predicted octanol–water partition coefficient (Wildman–Crippen LogP) is 3.74. The van der Waals surface area contributed by atoms with Gasteiger partial charge in [0.15, 0.2) is 0 Å². The molecule has 7 heteroatoms. The van der Waals surface area contributed by atoms with Crippen LogP contribution in [0.4, 0.5) is 0 Å². The highest BCUT2D eigenvalue weighted by atomic mass is 32.2. The molecule has 5 nitrogen and oxygen atoms in total. The zero-order valence-corrected chi connectivity index (χ0v) is 17.9. The lowest BCUT2D eigenvalue weighted by Crippen LogP contribution is -2.45. The molecular weight excluding hydrogens is 406 g/mol. The van der Waals surface area contributed by atoms with Crippen LogP contribution in [-0.4, -0.2) is 45.9 Å². The third kappa shape index (κ3) is 7.95. The largest absolute Gasteiger partial charge is 0.480 e. The van der Waals surface area contributed by atoms with Crippen LogP contribution in [0.3, 0.4) is 0 Å². The Morgan fingerprint density at radius 3 is 2.21 bits per heavy atom. The number of hydrogen-bond donors (Lipinski definition) is 2. The number of carboxylic acid groups (broad SMARTS) is 1. The Balaban J connectivity index is 2.08. The number of carbonyl (C=O) groups is 3. The fourth-order valence-corrected chi connectivity index (χ4v) is 4.14. The van der Waals surface area contributed by atoms with Crippen molar-refractivity contribution in [2.75, 3.05) is 17.8 Å². The van der Waals surface area contributed by atoms with Crippen LogP contribution in [0.5, 0.6) is 0 Å². The van der Waals surface area contributed by atoms with E-state index in [2.05, 4.69) is 5.32 Å². The van der Waals surface area contributed by atoms with Crippen molar-refractivity contribution in [3.63, 3.8) is 0 Å². The SMILES string of the molecule is CSCC[C@H](NC(=O)[C@@H](CSC(=O)c1ccccc1)Cc1ccccc1)C(=O)O. The van der Waals surface area contributed by atoms with Crippen LogP contribution < -0.4 is 5.32 Å². The molecule has 2 rings (SSSR count). The summed E-state index contributed by atoms with van der Waals surface area (Å²) in [5, 5.41) is 12.0. The van der Waals surface area contributed by atoms with E-state index in [1.165, 1.54) is 11.8 Å². The lowest BCUT2D eigenvalue weighted by molar-refractivity contribution is -0.142. The Bertz CT molecular complexity index is 799. The molecule has 0 fully saturated rings. The van der Waals surface area contributed by atoms with Crippen molar-refractivity contribution in [1.29, 1.82) is 0 Å². The van der Waals surface area contributed by atoms with Crippen molar-refractivity contribution in [2.45, 2.75) is 18.9 Å². The highest BCUT2D eigenvalue weighted by Crippen LogP contribution is 2.20. The van der Waals surface area contributed by atoms with E-state index in [1.54, 1.807) is 24.3 Å². The first-order valence-corrected chi connectivity index (χ1v) is 11.7. The van der Waals surface area contributed by atoms with Crippen molar-refractivity contribution in [3.05, 3.63) is 71.8 Å². The van der Waals surface area contributed by atoms with Gasteiger partial charge in [0.25, 0.3) is 0 Å². The summed E-state index contributed by atoms with van der Waals surface area (Å²) < 4.78 is 0. The average Bonchev–Trinajstić information content (AvgIpc) is 2.74. The quantitative estimate of drug-likeness (QED) is 0.564. The topological polar surface area (TPSA) is 83.5 Å². The second kappa shape index (κ2) is 12.3. The maximum absolute atomic E-state index is 12.9. The van der Waals surface area contributed by atoms with Gasteiger partial charge in [0.1, 0.15) is 6.04 Å². The van der Waals surface area contributed by atoms with Crippen LogP contribution in [0.15, 0.2) is 60.7 Å². The van der Waals surface area contributed by atoms with Gasteiger partial charge in [0, 0.05) is 11.3 Å². The Morgan fingerprint density at radius 1 is 1.00 bits per heavy atom. The van der Waals surface area contributed by atoms with Gasteiger partial charge in [0.05, 0.1) is 5.92 Å². The number of benzene rings is 2. The van der Waals surface area contributed by atoms with Crippen molar-refractivity contribution in [3.8, 4) is 0 Å². The molecular formula is C22H25NO4S2. The third-order valence-corrected chi connectivity index (χ3v) is 6.06. The molecule has 0 radical (unpaired) electrons. The smallest absolute Gasteiger partial charge is 0.326 e. The van der Waals surface area contributed by atoms with Crippen LogP contribution in [0, 0.1) is 5.92 Å². The maximum Gasteiger partial charge on any atom is 0.326 e. The van der Waals surface area contributed by atoms with E-state index in [4.69, 9.17) is 0 Å². The molecule has 2 aromatic rings. The first kappa shape index (κ1) is 23.0. The molecule has 0 unspecified atom stereocenters. The van der Waals surface area contributed by atoms with Crippen molar-refractivity contribution >= 4 is 40.5 Å². The highest BCUT2D eigenvalue weighted by molar-refractivity contribution is 8.14. The molecule has 2 N–H and O–H groups in total. The van der Waals surface area contributed by atoms with E-state index < -0.39 is 17.9 Å². The van der Waals surface area contributed by atoms with Gasteiger partial charge >= 0.3 is 5.97 Å². The minimum absolute atomic E-state index is 0.103. The second-order valence-electron chi connectivity index (χ2n) is 6.53. The molecule has 0 aromatic heterocycles. The molecule has 29 heavy (non-hydrogen) atoms. The number of nitrogens with one attached hydrogen (secondary N) is 1. The molecule has 154 valence electrons. The summed E-state index contributed by atoms with van der Waals surface area (Å²) in [6.45, 7) is 0. The predicted molar refractivity (Wildman–Crippen MR) is 119 cm³/mol. The Morgan fingerprint density at radius 2 is 1.62 bits per heavy atom. The van der Waals surface area contributed by atoms with E-state index in [-0.39, 0.29) is 16.8 Å². The lowest BCUT2D eigenvalue weighted by atomic mass is 9.99. The standard InChI is InChI=1S/C22H25NO4S2/c1-28-13-12-19(21(25)26)23-20(24)18(14-16-8-4-2-5-9-16)15-29-22(27)17-10-6-3-7-11-17/h2-11,18-19H,12-15H2,1H3,(H,23,24)(H,25,26)/t18-,19+/m1/s1. The molecule has 0 aliphatic heterocycles. The molecule has 0 spiro atoms. The number of rotatable bonds is 11. The van der Waals surface area contributed by atoms with Gasteiger partial charge in [-0.2, -0.15) is 11.8 Å². The number of carboxylic acids is 1.